The Kier molecular flexibility index (Phi) is 3.85. The van der Waals surface area contributed by atoms with Gasteiger partial charge in [-0.2, -0.15) is 0 Å². The summed E-state index contributed by atoms with van der Waals surface area (Å²) in [5.74, 6) is 0.721. The van der Waals surface area contributed by atoms with Crippen molar-refractivity contribution < 1.29 is 0 Å². The second-order valence-electron chi connectivity index (χ2n) is 5.11. The van der Waals surface area contributed by atoms with Gasteiger partial charge in [0, 0.05) is 30.2 Å². The van der Waals surface area contributed by atoms with Crippen LogP contribution in [-0.2, 0) is 6.54 Å². The SMILES string of the molecule is Cc1cccc2c1ccn2CCNCC(C)C. The average Bonchev–Trinajstić information content (AvgIpc) is 2.69. The fourth-order valence-corrected chi connectivity index (χ4v) is 2.16. The first-order valence-corrected chi connectivity index (χ1v) is 6.43. The minimum Gasteiger partial charge on any atom is -0.346 e. The quantitative estimate of drug-likeness (QED) is 0.781. The van der Waals surface area contributed by atoms with Crippen LogP contribution in [0.5, 0.6) is 0 Å². The van der Waals surface area contributed by atoms with Gasteiger partial charge in [0.2, 0.25) is 0 Å². The van der Waals surface area contributed by atoms with E-state index in [1.165, 1.54) is 16.5 Å². The summed E-state index contributed by atoms with van der Waals surface area (Å²) in [6.07, 6.45) is 2.19. The van der Waals surface area contributed by atoms with Gasteiger partial charge in [-0.25, -0.2) is 0 Å². The Hall–Kier alpha value is -1.28. The van der Waals surface area contributed by atoms with E-state index in [2.05, 4.69) is 61.1 Å². The van der Waals surface area contributed by atoms with Crippen LogP contribution in [0.3, 0.4) is 0 Å². The third-order valence-corrected chi connectivity index (χ3v) is 3.11. The number of aromatic nitrogens is 1. The first-order valence-electron chi connectivity index (χ1n) is 6.43. The van der Waals surface area contributed by atoms with Gasteiger partial charge < -0.3 is 9.88 Å². The molecule has 0 aliphatic heterocycles. The summed E-state index contributed by atoms with van der Waals surface area (Å²) in [6, 6.07) is 8.72. The van der Waals surface area contributed by atoms with E-state index in [1.54, 1.807) is 0 Å². The zero-order valence-corrected chi connectivity index (χ0v) is 11.0. The van der Waals surface area contributed by atoms with E-state index in [-0.39, 0.29) is 0 Å². The van der Waals surface area contributed by atoms with Crippen LogP contribution in [-0.4, -0.2) is 17.7 Å². The molecule has 0 spiro atoms. The molecule has 1 heterocycles. The molecule has 0 saturated heterocycles. The number of nitrogens with zero attached hydrogens (tertiary/aromatic N) is 1. The molecule has 1 N–H and O–H groups in total. The van der Waals surface area contributed by atoms with Crippen molar-refractivity contribution in [3.05, 3.63) is 36.0 Å². The summed E-state index contributed by atoms with van der Waals surface area (Å²) < 4.78 is 2.33. The normalized spacial score (nSPS) is 11.5. The lowest BCUT2D eigenvalue weighted by atomic mass is 10.1. The molecule has 0 aliphatic rings. The Morgan fingerprint density at radius 3 is 2.82 bits per heavy atom. The van der Waals surface area contributed by atoms with Crippen LogP contribution in [0.1, 0.15) is 19.4 Å². The first-order chi connectivity index (χ1) is 8.18. The standard InChI is InChI=1S/C15H22N2/c1-12(2)11-16-8-10-17-9-7-14-13(3)5-4-6-15(14)17/h4-7,9,12,16H,8,10-11H2,1-3H3. The van der Waals surface area contributed by atoms with Crippen LogP contribution in [0.15, 0.2) is 30.5 Å². The van der Waals surface area contributed by atoms with Gasteiger partial charge in [-0.3, -0.25) is 0 Å². The van der Waals surface area contributed by atoms with Crippen LogP contribution < -0.4 is 5.32 Å². The molecule has 17 heavy (non-hydrogen) atoms. The largest absolute Gasteiger partial charge is 0.346 e. The second kappa shape index (κ2) is 5.37. The van der Waals surface area contributed by atoms with E-state index in [0.717, 1.165) is 25.6 Å². The molecule has 0 atom stereocenters. The van der Waals surface area contributed by atoms with Gasteiger partial charge in [0.1, 0.15) is 0 Å². The van der Waals surface area contributed by atoms with Crippen molar-refractivity contribution in [2.24, 2.45) is 5.92 Å². The smallest absolute Gasteiger partial charge is 0.0483 e. The molecule has 2 heteroatoms. The highest BCUT2D eigenvalue weighted by atomic mass is 15.0. The van der Waals surface area contributed by atoms with E-state index in [4.69, 9.17) is 0 Å². The zero-order chi connectivity index (χ0) is 12.3. The van der Waals surface area contributed by atoms with Gasteiger partial charge in [-0.05, 0) is 37.1 Å². The van der Waals surface area contributed by atoms with E-state index in [9.17, 15) is 0 Å². The number of hydrogen-bond acceptors (Lipinski definition) is 1. The number of fused-ring (bicyclic) bond motifs is 1. The van der Waals surface area contributed by atoms with Crippen molar-refractivity contribution in [1.82, 2.24) is 9.88 Å². The van der Waals surface area contributed by atoms with Crippen molar-refractivity contribution in [1.29, 1.82) is 0 Å². The Morgan fingerprint density at radius 2 is 2.06 bits per heavy atom. The molecule has 0 fully saturated rings. The second-order valence-corrected chi connectivity index (χ2v) is 5.11. The minimum absolute atomic E-state index is 0.721. The lowest BCUT2D eigenvalue weighted by molar-refractivity contribution is 0.529. The van der Waals surface area contributed by atoms with E-state index in [0.29, 0.717) is 0 Å². The van der Waals surface area contributed by atoms with Gasteiger partial charge in [-0.15, -0.1) is 0 Å². The summed E-state index contributed by atoms with van der Waals surface area (Å²) in [5, 5.41) is 4.85. The highest BCUT2D eigenvalue weighted by molar-refractivity contribution is 5.83. The number of aryl methyl sites for hydroxylation is 1. The molecule has 1 aromatic carbocycles. The van der Waals surface area contributed by atoms with E-state index in [1.807, 2.05) is 0 Å². The van der Waals surface area contributed by atoms with Crippen LogP contribution in [0.4, 0.5) is 0 Å². The molecular weight excluding hydrogens is 208 g/mol. The average molecular weight is 230 g/mol. The van der Waals surface area contributed by atoms with Gasteiger partial charge in [0.15, 0.2) is 0 Å². The molecule has 2 rings (SSSR count). The van der Waals surface area contributed by atoms with Gasteiger partial charge in [0.05, 0.1) is 0 Å². The molecular formula is C15H22N2. The van der Waals surface area contributed by atoms with Crippen LogP contribution >= 0.6 is 0 Å². The molecule has 0 radical (unpaired) electrons. The predicted molar refractivity (Wildman–Crippen MR) is 74.4 cm³/mol. The lowest BCUT2D eigenvalue weighted by Gasteiger charge is -2.09. The van der Waals surface area contributed by atoms with Crippen molar-refractivity contribution >= 4 is 10.9 Å². The number of nitrogens with one attached hydrogen (secondary N) is 1. The molecule has 2 aromatic rings. The number of rotatable bonds is 5. The van der Waals surface area contributed by atoms with Crippen molar-refractivity contribution in [2.75, 3.05) is 13.1 Å². The molecule has 0 bridgehead atoms. The molecule has 92 valence electrons. The molecule has 2 nitrogen and oxygen atoms in total. The Bertz CT molecular complexity index is 483. The van der Waals surface area contributed by atoms with E-state index < -0.39 is 0 Å². The van der Waals surface area contributed by atoms with Crippen molar-refractivity contribution in [2.45, 2.75) is 27.3 Å². The fraction of sp³-hybridized carbons (Fsp3) is 0.467. The summed E-state index contributed by atoms with van der Waals surface area (Å²) >= 11 is 0. The predicted octanol–water partition coefficient (Wildman–Crippen LogP) is 3.20. The topological polar surface area (TPSA) is 17.0 Å². The van der Waals surface area contributed by atoms with Gasteiger partial charge in [0.25, 0.3) is 0 Å². The van der Waals surface area contributed by atoms with Crippen molar-refractivity contribution in [3.63, 3.8) is 0 Å². The molecule has 0 saturated carbocycles. The maximum atomic E-state index is 3.48. The molecule has 0 aliphatic carbocycles. The minimum atomic E-state index is 0.721. The first kappa shape index (κ1) is 12.2. The molecule has 1 aromatic heterocycles. The maximum Gasteiger partial charge on any atom is 0.0483 e. The maximum absolute atomic E-state index is 3.48. The summed E-state index contributed by atoms with van der Waals surface area (Å²) in [4.78, 5) is 0. The third-order valence-electron chi connectivity index (χ3n) is 3.11. The lowest BCUT2D eigenvalue weighted by Crippen LogP contribution is -2.23. The summed E-state index contributed by atoms with van der Waals surface area (Å²) in [7, 11) is 0. The van der Waals surface area contributed by atoms with Crippen LogP contribution in [0.25, 0.3) is 10.9 Å². The monoisotopic (exact) mass is 230 g/mol. The van der Waals surface area contributed by atoms with Gasteiger partial charge >= 0.3 is 0 Å². The highest BCUT2D eigenvalue weighted by Gasteiger charge is 2.02. The molecule has 0 amide bonds. The fourth-order valence-electron chi connectivity index (χ4n) is 2.16. The highest BCUT2D eigenvalue weighted by Crippen LogP contribution is 2.19. The third kappa shape index (κ3) is 2.89. The van der Waals surface area contributed by atoms with Crippen LogP contribution in [0.2, 0.25) is 0 Å². The van der Waals surface area contributed by atoms with Crippen molar-refractivity contribution in [3.8, 4) is 0 Å². The Balaban J connectivity index is 2.02. The zero-order valence-electron chi connectivity index (χ0n) is 11.0. The van der Waals surface area contributed by atoms with Gasteiger partial charge in [-0.1, -0.05) is 26.0 Å². The van der Waals surface area contributed by atoms with E-state index >= 15 is 0 Å². The summed E-state index contributed by atoms with van der Waals surface area (Å²) in [6.45, 7) is 9.82. The number of hydrogen-bond donors (Lipinski definition) is 1. The number of benzene rings is 1. The molecule has 0 unspecified atom stereocenters. The Morgan fingerprint density at radius 1 is 1.24 bits per heavy atom. The summed E-state index contributed by atoms with van der Waals surface area (Å²) in [5.41, 5.74) is 2.70. The Labute approximate surface area is 104 Å². The van der Waals surface area contributed by atoms with Crippen LogP contribution in [0, 0.1) is 12.8 Å².